The zero-order chi connectivity index (χ0) is 18.6. The van der Waals surface area contributed by atoms with Crippen LogP contribution >= 0.6 is 0 Å². The van der Waals surface area contributed by atoms with Crippen LogP contribution in [0.15, 0.2) is 59.6 Å². The lowest BCUT2D eigenvalue weighted by Crippen LogP contribution is -2.41. The molecule has 0 radical (unpaired) electrons. The van der Waals surface area contributed by atoms with Gasteiger partial charge in [0.05, 0.1) is 18.8 Å². The maximum atomic E-state index is 11.2. The summed E-state index contributed by atoms with van der Waals surface area (Å²) in [6.45, 7) is 1.76. The van der Waals surface area contributed by atoms with Crippen LogP contribution in [0.5, 0.6) is 5.75 Å². The standard InChI is InChI=1S/C22H23NO4/c24-17-23-21(9-11-22(12-10-21)26-13-14-27-22)19-7-4-8-20(15-19)25-16-18-5-2-1-3-6-18/h1-8,15H,9-14,16H2. The zero-order valence-corrected chi connectivity index (χ0v) is 15.2. The summed E-state index contributed by atoms with van der Waals surface area (Å²) in [6, 6.07) is 17.9. The third kappa shape index (κ3) is 3.81. The first-order chi connectivity index (χ1) is 13.2. The van der Waals surface area contributed by atoms with E-state index < -0.39 is 11.3 Å². The third-order valence-corrected chi connectivity index (χ3v) is 5.53. The van der Waals surface area contributed by atoms with Crippen molar-refractivity contribution in [1.29, 1.82) is 0 Å². The van der Waals surface area contributed by atoms with Gasteiger partial charge in [0, 0.05) is 12.8 Å². The number of hydrogen-bond acceptors (Lipinski definition) is 5. The van der Waals surface area contributed by atoms with Crippen LogP contribution in [0.25, 0.3) is 0 Å². The normalized spacial score (nSPS) is 20.1. The maximum absolute atomic E-state index is 11.2. The van der Waals surface area contributed by atoms with Gasteiger partial charge >= 0.3 is 0 Å². The highest BCUT2D eigenvalue weighted by Gasteiger charge is 2.47. The number of aliphatic imine (C=N–C) groups is 1. The van der Waals surface area contributed by atoms with E-state index in [1.165, 1.54) is 0 Å². The molecule has 0 amide bonds. The van der Waals surface area contributed by atoms with E-state index in [2.05, 4.69) is 4.99 Å². The first-order valence-electron chi connectivity index (χ1n) is 9.38. The van der Waals surface area contributed by atoms with E-state index in [0.29, 0.717) is 45.5 Å². The molecule has 2 aliphatic rings. The summed E-state index contributed by atoms with van der Waals surface area (Å²) in [7, 11) is 0. The largest absolute Gasteiger partial charge is 0.489 e. The van der Waals surface area contributed by atoms with Gasteiger partial charge in [0.25, 0.3) is 0 Å². The van der Waals surface area contributed by atoms with Crippen LogP contribution in [0.3, 0.4) is 0 Å². The fourth-order valence-electron chi connectivity index (χ4n) is 4.00. The Kier molecular flexibility index (Phi) is 5.08. The molecule has 1 saturated carbocycles. The average Bonchev–Trinajstić information content (AvgIpc) is 3.18. The fraction of sp³-hybridized carbons (Fsp3) is 0.409. The summed E-state index contributed by atoms with van der Waals surface area (Å²) in [4.78, 5) is 15.4. The average molecular weight is 365 g/mol. The van der Waals surface area contributed by atoms with Gasteiger partial charge in [-0.3, -0.25) is 0 Å². The second-order valence-corrected chi connectivity index (χ2v) is 7.14. The molecule has 1 saturated heterocycles. The highest BCUT2D eigenvalue weighted by molar-refractivity contribution is 5.41. The molecule has 5 nitrogen and oxygen atoms in total. The molecular formula is C22H23NO4. The lowest BCUT2D eigenvalue weighted by Gasteiger charge is -2.40. The Morgan fingerprint density at radius 3 is 2.41 bits per heavy atom. The molecule has 0 unspecified atom stereocenters. The lowest BCUT2D eigenvalue weighted by molar-refractivity contribution is -0.184. The maximum Gasteiger partial charge on any atom is 0.235 e. The SMILES string of the molecule is O=C=NC1(c2cccc(OCc3ccccc3)c2)CCC2(CC1)OCCO2. The molecule has 4 rings (SSSR count). The van der Waals surface area contributed by atoms with E-state index in [9.17, 15) is 4.79 Å². The van der Waals surface area contributed by atoms with Crippen LogP contribution in [0.1, 0.15) is 36.8 Å². The van der Waals surface area contributed by atoms with Gasteiger partial charge in [-0.05, 0) is 36.1 Å². The number of rotatable bonds is 5. The number of hydrogen-bond donors (Lipinski definition) is 0. The van der Waals surface area contributed by atoms with Crippen molar-refractivity contribution in [1.82, 2.24) is 0 Å². The van der Waals surface area contributed by atoms with Crippen molar-refractivity contribution in [2.75, 3.05) is 13.2 Å². The van der Waals surface area contributed by atoms with Gasteiger partial charge in [-0.25, -0.2) is 4.79 Å². The summed E-state index contributed by atoms with van der Waals surface area (Å²) in [5.41, 5.74) is 1.50. The molecule has 5 heteroatoms. The summed E-state index contributed by atoms with van der Waals surface area (Å²) in [5, 5.41) is 0. The van der Waals surface area contributed by atoms with Gasteiger partial charge in [-0.1, -0.05) is 42.5 Å². The van der Waals surface area contributed by atoms with Crippen LogP contribution in [-0.2, 0) is 26.4 Å². The van der Waals surface area contributed by atoms with Crippen molar-refractivity contribution >= 4 is 6.08 Å². The Bertz CT molecular complexity index is 813. The minimum absolute atomic E-state index is 0.497. The van der Waals surface area contributed by atoms with E-state index in [0.717, 1.165) is 16.9 Å². The van der Waals surface area contributed by atoms with Gasteiger partial charge in [-0.15, -0.1) is 0 Å². The first-order valence-corrected chi connectivity index (χ1v) is 9.38. The predicted molar refractivity (Wildman–Crippen MR) is 100 cm³/mol. The molecule has 2 aromatic carbocycles. The molecule has 140 valence electrons. The highest BCUT2D eigenvalue weighted by atomic mass is 16.7. The molecule has 0 N–H and O–H groups in total. The number of ether oxygens (including phenoxy) is 3. The van der Waals surface area contributed by atoms with E-state index >= 15 is 0 Å². The number of nitrogens with zero attached hydrogens (tertiary/aromatic N) is 1. The van der Waals surface area contributed by atoms with Crippen molar-refractivity contribution in [3.8, 4) is 5.75 Å². The molecule has 0 bridgehead atoms. The highest BCUT2D eigenvalue weighted by Crippen LogP contribution is 2.47. The zero-order valence-electron chi connectivity index (χ0n) is 15.2. The van der Waals surface area contributed by atoms with E-state index in [1.807, 2.05) is 54.6 Å². The van der Waals surface area contributed by atoms with Crippen molar-refractivity contribution < 1.29 is 19.0 Å². The van der Waals surface area contributed by atoms with Crippen molar-refractivity contribution in [2.45, 2.75) is 43.6 Å². The number of isocyanates is 1. The predicted octanol–water partition coefficient (Wildman–Crippen LogP) is 4.11. The van der Waals surface area contributed by atoms with Crippen molar-refractivity contribution in [3.63, 3.8) is 0 Å². The van der Waals surface area contributed by atoms with Crippen LogP contribution in [0, 0.1) is 0 Å². The van der Waals surface area contributed by atoms with Gasteiger partial charge in [0.2, 0.25) is 6.08 Å². The molecule has 0 atom stereocenters. The molecule has 1 aliphatic heterocycles. The second-order valence-electron chi connectivity index (χ2n) is 7.14. The molecule has 1 heterocycles. The van der Waals surface area contributed by atoms with Crippen LogP contribution < -0.4 is 4.74 Å². The van der Waals surface area contributed by atoms with Gasteiger partial charge in [0.1, 0.15) is 12.4 Å². The Hall–Kier alpha value is -2.46. The Labute approximate surface area is 159 Å². The molecule has 1 aliphatic carbocycles. The lowest BCUT2D eigenvalue weighted by atomic mass is 9.74. The smallest absolute Gasteiger partial charge is 0.235 e. The minimum Gasteiger partial charge on any atom is -0.489 e. The number of carbonyl (C=O) groups excluding carboxylic acids is 1. The summed E-state index contributed by atoms with van der Waals surface area (Å²) < 4.78 is 17.6. The molecule has 2 aromatic rings. The van der Waals surface area contributed by atoms with E-state index in [4.69, 9.17) is 14.2 Å². The third-order valence-electron chi connectivity index (χ3n) is 5.53. The van der Waals surface area contributed by atoms with Crippen LogP contribution in [-0.4, -0.2) is 25.1 Å². The second kappa shape index (κ2) is 7.65. The monoisotopic (exact) mass is 365 g/mol. The summed E-state index contributed by atoms with van der Waals surface area (Å²) in [5.74, 6) is 0.272. The molecule has 0 aromatic heterocycles. The fourth-order valence-corrected chi connectivity index (χ4v) is 4.00. The Balaban J connectivity index is 1.52. The number of benzene rings is 2. The quantitative estimate of drug-likeness (QED) is 0.591. The van der Waals surface area contributed by atoms with Gasteiger partial charge < -0.3 is 14.2 Å². The van der Waals surface area contributed by atoms with Crippen molar-refractivity contribution in [3.05, 3.63) is 65.7 Å². The van der Waals surface area contributed by atoms with E-state index in [1.54, 1.807) is 6.08 Å². The first kappa shape index (κ1) is 17.9. The topological polar surface area (TPSA) is 57.1 Å². The van der Waals surface area contributed by atoms with E-state index in [-0.39, 0.29) is 0 Å². The van der Waals surface area contributed by atoms with Gasteiger partial charge in [-0.2, -0.15) is 4.99 Å². The minimum atomic E-state index is -0.589. The molecule has 1 spiro atoms. The summed E-state index contributed by atoms with van der Waals surface area (Å²) in [6.07, 6.45) is 4.59. The van der Waals surface area contributed by atoms with Gasteiger partial charge in [0.15, 0.2) is 5.79 Å². The van der Waals surface area contributed by atoms with Crippen LogP contribution in [0.4, 0.5) is 0 Å². The van der Waals surface area contributed by atoms with Crippen molar-refractivity contribution in [2.24, 2.45) is 4.99 Å². The van der Waals surface area contributed by atoms with Crippen LogP contribution in [0.2, 0.25) is 0 Å². The Morgan fingerprint density at radius 1 is 0.963 bits per heavy atom. The Morgan fingerprint density at radius 2 is 1.70 bits per heavy atom. The molecule has 2 fully saturated rings. The summed E-state index contributed by atoms with van der Waals surface area (Å²) >= 11 is 0. The molecule has 27 heavy (non-hydrogen) atoms. The molecular weight excluding hydrogens is 342 g/mol.